The Morgan fingerprint density at radius 2 is 2.21 bits per heavy atom. The van der Waals surface area contributed by atoms with E-state index < -0.39 is 0 Å². The summed E-state index contributed by atoms with van der Waals surface area (Å²) in [5, 5.41) is 0. The molecular formula is C15H21NO3. The Kier molecular flexibility index (Phi) is 4.66. The molecule has 0 aromatic heterocycles. The van der Waals surface area contributed by atoms with E-state index in [1.165, 1.54) is 0 Å². The van der Waals surface area contributed by atoms with Crippen LogP contribution in [0, 0.1) is 5.92 Å². The largest absolute Gasteiger partial charge is 0.495 e. The second kappa shape index (κ2) is 6.45. The van der Waals surface area contributed by atoms with Crippen LogP contribution in [0.15, 0.2) is 24.3 Å². The molecule has 0 saturated carbocycles. The van der Waals surface area contributed by atoms with Crippen LogP contribution in [0.3, 0.4) is 0 Å². The molecule has 1 aliphatic heterocycles. The van der Waals surface area contributed by atoms with E-state index in [0.717, 1.165) is 30.9 Å². The summed E-state index contributed by atoms with van der Waals surface area (Å²) in [6.45, 7) is 4.15. The van der Waals surface area contributed by atoms with Gasteiger partial charge in [-0.1, -0.05) is 12.1 Å². The first-order chi connectivity index (χ1) is 9.24. The standard InChI is InChI=1S/C15H21NO3/c1-3-19-15(17)10-12-8-9-16(11-12)13-6-4-5-7-14(13)18-2/h4-7,12H,3,8-11H2,1-2H3. The van der Waals surface area contributed by atoms with Gasteiger partial charge in [0.1, 0.15) is 5.75 Å². The second-order valence-corrected chi connectivity index (χ2v) is 4.78. The number of carbonyl (C=O) groups is 1. The summed E-state index contributed by atoms with van der Waals surface area (Å²) in [6.07, 6.45) is 1.54. The van der Waals surface area contributed by atoms with Crippen molar-refractivity contribution in [2.24, 2.45) is 5.92 Å². The van der Waals surface area contributed by atoms with E-state index in [-0.39, 0.29) is 5.97 Å². The molecule has 1 heterocycles. The van der Waals surface area contributed by atoms with Gasteiger partial charge in [0.2, 0.25) is 0 Å². The summed E-state index contributed by atoms with van der Waals surface area (Å²) in [6, 6.07) is 8.00. The van der Waals surface area contributed by atoms with E-state index in [0.29, 0.717) is 18.9 Å². The van der Waals surface area contributed by atoms with Crippen LogP contribution < -0.4 is 9.64 Å². The molecule has 0 spiro atoms. The highest BCUT2D eigenvalue weighted by atomic mass is 16.5. The lowest BCUT2D eigenvalue weighted by molar-refractivity contribution is -0.144. The zero-order chi connectivity index (χ0) is 13.7. The molecule has 0 N–H and O–H groups in total. The first-order valence-corrected chi connectivity index (χ1v) is 6.78. The molecule has 0 amide bonds. The number of rotatable bonds is 5. The topological polar surface area (TPSA) is 38.8 Å². The van der Waals surface area contributed by atoms with Crippen molar-refractivity contribution in [2.45, 2.75) is 19.8 Å². The van der Waals surface area contributed by atoms with Gasteiger partial charge in [-0.2, -0.15) is 0 Å². The van der Waals surface area contributed by atoms with E-state index in [2.05, 4.69) is 11.0 Å². The van der Waals surface area contributed by atoms with Gasteiger partial charge in [0, 0.05) is 13.1 Å². The predicted molar refractivity (Wildman–Crippen MR) is 74.6 cm³/mol. The van der Waals surface area contributed by atoms with Crippen molar-refractivity contribution in [3.05, 3.63) is 24.3 Å². The number of carbonyl (C=O) groups excluding carboxylic acids is 1. The van der Waals surface area contributed by atoms with Gasteiger partial charge in [-0.15, -0.1) is 0 Å². The number of hydrogen-bond acceptors (Lipinski definition) is 4. The van der Waals surface area contributed by atoms with Crippen LogP contribution in [0.1, 0.15) is 19.8 Å². The number of esters is 1. The Hall–Kier alpha value is -1.71. The minimum absolute atomic E-state index is 0.0885. The lowest BCUT2D eigenvalue weighted by Crippen LogP contribution is -2.21. The van der Waals surface area contributed by atoms with Crippen LogP contribution in [0.25, 0.3) is 0 Å². The Bertz CT molecular complexity index is 433. The molecule has 1 saturated heterocycles. The zero-order valence-corrected chi connectivity index (χ0v) is 11.6. The summed E-state index contributed by atoms with van der Waals surface area (Å²) in [4.78, 5) is 13.8. The average Bonchev–Trinajstić information content (AvgIpc) is 2.87. The van der Waals surface area contributed by atoms with E-state index in [1.54, 1.807) is 7.11 Å². The van der Waals surface area contributed by atoms with Gasteiger partial charge < -0.3 is 14.4 Å². The van der Waals surface area contributed by atoms with Crippen LogP contribution in [-0.4, -0.2) is 32.8 Å². The fourth-order valence-corrected chi connectivity index (χ4v) is 2.56. The van der Waals surface area contributed by atoms with Gasteiger partial charge >= 0.3 is 5.97 Å². The minimum atomic E-state index is -0.0885. The highest BCUT2D eigenvalue weighted by Gasteiger charge is 2.26. The van der Waals surface area contributed by atoms with E-state index >= 15 is 0 Å². The van der Waals surface area contributed by atoms with Gasteiger partial charge in [0.05, 0.1) is 25.8 Å². The average molecular weight is 263 g/mol. The number of benzene rings is 1. The molecule has 1 aliphatic rings. The summed E-state index contributed by atoms with van der Waals surface area (Å²) in [5.74, 6) is 1.18. The lowest BCUT2D eigenvalue weighted by Gasteiger charge is -2.21. The molecule has 1 fully saturated rings. The Morgan fingerprint density at radius 3 is 2.95 bits per heavy atom. The maximum atomic E-state index is 11.5. The summed E-state index contributed by atoms with van der Waals surface area (Å²) >= 11 is 0. The Balaban J connectivity index is 1.96. The van der Waals surface area contributed by atoms with Gasteiger partial charge in [-0.05, 0) is 31.4 Å². The highest BCUT2D eigenvalue weighted by Crippen LogP contribution is 2.32. The first kappa shape index (κ1) is 13.7. The number of hydrogen-bond donors (Lipinski definition) is 0. The minimum Gasteiger partial charge on any atom is -0.495 e. The van der Waals surface area contributed by atoms with Crippen LogP contribution >= 0.6 is 0 Å². The second-order valence-electron chi connectivity index (χ2n) is 4.78. The Morgan fingerprint density at radius 1 is 1.42 bits per heavy atom. The van der Waals surface area contributed by atoms with Crippen LogP contribution in [0.4, 0.5) is 5.69 Å². The zero-order valence-electron chi connectivity index (χ0n) is 11.6. The third-order valence-electron chi connectivity index (χ3n) is 3.47. The first-order valence-electron chi connectivity index (χ1n) is 6.78. The highest BCUT2D eigenvalue weighted by molar-refractivity contribution is 5.70. The molecule has 0 aliphatic carbocycles. The van der Waals surface area contributed by atoms with Crippen molar-refractivity contribution in [1.82, 2.24) is 0 Å². The molecule has 1 unspecified atom stereocenters. The van der Waals surface area contributed by atoms with Crippen molar-refractivity contribution in [3.63, 3.8) is 0 Å². The number of anilines is 1. The van der Waals surface area contributed by atoms with E-state index in [1.807, 2.05) is 25.1 Å². The fraction of sp³-hybridized carbons (Fsp3) is 0.533. The van der Waals surface area contributed by atoms with Crippen molar-refractivity contribution in [3.8, 4) is 5.75 Å². The van der Waals surface area contributed by atoms with Crippen molar-refractivity contribution >= 4 is 11.7 Å². The SMILES string of the molecule is CCOC(=O)CC1CCN(c2ccccc2OC)C1. The summed E-state index contributed by atoms with van der Waals surface area (Å²) in [7, 11) is 1.69. The molecular weight excluding hydrogens is 242 g/mol. The quantitative estimate of drug-likeness (QED) is 0.765. The van der Waals surface area contributed by atoms with Gasteiger partial charge in [-0.25, -0.2) is 0 Å². The van der Waals surface area contributed by atoms with Crippen molar-refractivity contribution in [1.29, 1.82) is 0 Å². The molecule has 104 valence electrons. The fourth-order valence-electron chi connectivity index (χ4n) is 2.56. The van der Waals surface area contributed by atoms with Crippen LogP contribution in [-0.2, 0) is 9.53 Å². The van der Waals surface area contributed by atoms with E-state index in [4.69, 9.17) is 9.47 Å². The number of ether oxygens (including phenoxy) is 2. The molecule has 4 heteroatoms. The van der Waals surface area contributed by atoms with Crippen LogP contribution in [0.5, 0.6) is 5.75 Å². The van der Waals surface area contributed by atoms with Crippen molar-refractivity contribution < 1.29 is 14.3 Å². The maximum Gasteiger partial charge on any atom is 0.306 e. The van der Waals surface area contributed by atoms with E-state index in [9.17, 15) is 4.79 Å². The third-order valence-corrected chi connectivity index (χ3v) is 3.47. The number of nitrogens with zero attached hydrogens (tertiary/aromatic N) is 1. The van der Waals surface area contributed by atoms with Crippen molar-refractivity contribution in [2.75, 3.05) is 31.7 Å². The molecule has 19 heavy (non-hydrogen) atoms. The monoisotopic (exact) mass is 263 g/mol. The number of para-hydroxylation sites is 2. The summed E-state index contributed by atoms with van der Waals surface area (Å²) < 4.78 is 10.4. The predicted octanol–water partition coefficient (Wildman–Crippen LogP) is 2.47. The molecule has 0 radical (unpaired) electrons. The third kappa shape index (κ3) is 3.40. The smallest absolute Gasteiger partial charge is 0.306 e. The molecule has 1 aromatic carbocycles. The normalized spacial score (nSPS) is 18.4. The molecule has 1 aromatic rings. The molecule has 0 bridgehead atoms. The van der Waals surface area contributed by atoms with Gasteiger partial charge in [-0.3, -0.25) is 4.79 Å². The van der Waals surface area contributed by atoms with Crippen LogP contribution in [0.2, 0.25) is 0 Å². The van der Waals surface area contributed by atoms with Gasteiger partial charge in [0.15, 0.2) is 0 Å². The lowest BCUT2D eigenvalue weighted by atomic mass is 10.1. The van der Waals surface area contributed by atoms with Gasteiger partial charge in [0.25, 0.3) is 0 Å². The number of methoxy groups -OCH3 is 1. The summed E-state index contributed by atoms with van der Waals surface area (Å²) in [5.41, 5.74) is 1.11. The molecule has 1 atom stereocenters. The molecule has 4 nitrogen and oxygen atoms in total. The molecule has 2 rings (SSSR count). The Labute approximate surface area is 114 Å². The maximum absolute atomic E-state index is 11.5.